The molecule has 0 aliphatic carbocycles. The second kappa shape index (κ2) is 6.50. The van der Waals surface area contributed by atoms with Gasteiger partial charge < -0.3 is 5.32 Å². The van der Waals surface area contributed by atoms with E-state index in [1.807, 2.05) is 12.1 Å². The molecule has 98 valence electrons. The number of nitriles is 1. The summed E-state index contributed by atoms with van der Waals surface area (Å²) in [7, 11) is 0. The number of pyridine rings is 1. The zero-order valence-corrected chi connectivity index (χ0v) is 11.1. The molecule has 0 bridgehead atoms. The Balaban J connectivity index is 2.02. The molecule has 1 N–H and O–H groups in total. The quantitative estimate of drug-likeness (QED) is 0.879. The molecule has 4 nitrogen and oxygen atoms in total. The Bertz CT molecular complexity index is 687. The number of carbonyl (C=O) groups is 1. The van der Waals surface area contributed by atoms with E-state index >= 15 is 0 Å². The maximum atomic E-state index is 11.7. The number of hydrogen-bond acceptors (Lipinski definition) is 3. The molecule has 0 unspecified atom stereocenters. The van der Waals surface area contributed by atoms with Crippen LogP contribution in [-0.2, 0) is 4.79 Å². The Morgan fingerprint density at radius 1 is 1.35 bits per heavy atom. The van der Waals surface area contributed by atoms with E-state index in [2.05, 4.69) is 10.3 Å². The summed E-state index contributed by atoms with van der Waals surface area (Å²) >= 11 is 5.70. The van der Waals surface area contributed by atoms with E-state index < -0.39 is 0 Å². The predicted octanol–water partition coefficient (Wildman–Crippen LogP) is 3.26. The van der Waals surface area contributed by atoms with Gasteiger partial charge in [-0.15, -0.1) is 0 Å². The summed E-state index contributed by atoms with van der Waals surface area (Å²) in [5.41, 5.74) is 1.33. The van der Waals surface area contributed by atoms with Gasteiger partial charge in [0.1, 0.15) is 5.82 Å². The number of anilines is 1. The van der Waals surface area contributed by atoms with Gasteiger partial charge in [0.05, 0.1) is 16.7 Å². The maximum Gasteiger partial charge on any atom is 0.249 e. The van der Waals surface area contributed by atoms with Crippen molar-refractivity contribution in [3.8, 4) is 6.07 Å². The molecule has 0 spiro atoms. The lowest BCUT2D eigenvalue weighted by Gasteiger charge is -2.00. The van der Waals surface area contributed by atoms with E-state index in [1.165, 1.54) is 12.3 Å². The summed E-state index contributed by atoms with van der Waals surface area (Å²) in [6.45, 7) is 0. The van der Waals surface area contributed by atoms with Crippen LogP contribution >= 0.6 is 11.6 Å². The lowest BCUT2D eigenvalue weighted by Crippen LogP contribution is -2.08. The minimum absolute atomic E-state index is 0.304. The highest BCUT2D eigenvalue weighted by molar-refractivity contribution is 6.30. The number of aromatic nitrogens is 1. The maximum absolute atomic E-state index is 11.7. The highest BCUT2D eigenvalue weighted by atomic mass is 35.5. The van der Waals surface area contributed by atoms with Gasteiger partial charge in [0.25, 0.3) is 0 Å². The first-order valence-electron chi connectivity index (χ1n) is 5.78. The van der Waals surface area contributed by atoms with E-state index in [4.69, 9.17) is 16.9 Å². The fraction of sp³-hybridized carbons (Fsp3) is 0. The fourth-order valence-electron chi connectivity index (χ4n) is 1.50. The third kappa shape index (κ3) is 3.94. The van der Waals surface area contributed by atoms with Crippen molar-refractivity contribution in [3.05, 3.63) is 64.8 Å². The van der Waals surface area contributed by atoms with E-state index in [1.54, 1.807) is 36.4 Å². The summed E-state index contributed by atoms with van der Waals surface area (Å²) in [6, 6.07) is 12.3. The average Bonchev–Trinajstić information content (AvgIpc) is 2.48. The van der Waals surface area contributed by atoms with E-state index in [0.29, 0.717) is 16.4 Å². The molecular formula is C15H10ClN3O. The van der Waals surface area contributed by atoms with Gasteiger partial charge in [-0.05, 0) is 35.9 Å². The average molecular weight is 284 g/mol. The molecule has 0 saturated heterocycles. The smallest absolute Gasteiger partial charge is 0.249 e. The Morgan fingerprint density at radius 2 is 2.20 bits per heavy atom. The van der Waals surface area contributed by atoms with Gasteiger partial charge in [0.15, 0.2) is 0 Å². The van der Waals surface area contributed by atoms with Crippen LogP contribution in [0.25, 0.3) is 6.08 Å². The van der Waals surface area contributed by atoms with E-state index in [0.717, 1.165) is 5.56 Å². The second-order valence-corrected chi connectivity index (χ2v) is 4.36. The monoisotopic (exact) mass is 283 g/mol. The number of nitrogens with zero attached hydrogens (tertiary/aromatic N) is 2. The first-order valence-corrected chi connectivity index (χ1v) is 6.16. The molecule has 20 heavy (non-hydrogen) atoms. The van der Waals surface area contributed by atoms with Gasteiger partial charge in [-0.3, -0.25) is 4.79 Å². The summed E-state index contributed by atoms with van der Waals surface area (Å²) in [6.07, 6.45) is 4.47. The lowest BCUT2D eigenvalue weighted by molar-refractivity contribution is -0.111. The normalized spacial score (nSPS) is 10.2. The van der Waals surface area contributed by atoms with Gasteiger partial charge in [-0.1, -0.05) is 23.7 Å². The lowest BCUT2D eigenvalue weighted by atomic mass is 10.1. The van der Waals surface area contributed by atoms with Crippen molar-refractivity contribution in [1.82, 2.24) is 4.98 Å². The van der Waals surface area contributed by atoms with Crippen molar-refractivity contribution in [2.45, 2.75) is 0 Å². The van der Waals surface area contributed by atoms with Crippen molar-refractivity contribution >= 4 is 29.4 Å². The zero-order valence-electron chi connectivity index (χ0n) is 10.4. The van der Waals surface area contributed by atoms with Crippen LogP contribution < -0.4 is 5.32 Å². The highest BCUT2D eigenvalue weighted by Crippen LogP contribution is 2.10. The largest absolute Gasteiger partial charge is 0.307 e. The Kier molecular flexibility index (Phi) is 4.48. The number of amides is 1. The fourth-order valence-corrected chi connectivity index (χ4v) is 1.61. The molecule has 0 aliphatic heterocycles. The molecule has 2 aromatic rings. The van der Waals surface area contributed by atoms with Crippen LogP contribution in [0.5, 0.6) is 0 Å². The molecule has 5 heteroatoms. The number of nitrogens with one attached hydrogen (secondary N) is 1. The van der Waals surface area contributed by atoms with Crippen molar-refractivity contribution in [2.75, 3.05) is 5.32 Å². The van der Waals surface area contributed by atoms with Crippen LogP contribution in [0.15, 0.2) is 48.7 Å². The molecule has 2 rings (SSSR count). The standard InChI is InChI=1S/C15H10ClN3O/c16-13-5-6-14(18-10-13)19-15(20)7-4-11-2-1-3-12(8-11)9-17/h1-8,10H,(H,18,19,20)/b7-4+. The molecule has 1 aromatic carbocycles. The van der Waals surface area contributed by atoms with Gasteiger partial charge in [-0.2, -0.15) is 5.26 Å². The molecule has 1 amide bonds. The van der Waals surface area contributed by atoms with Gasteiger partial charge in [0.2, 0.25) is 5.91 Å². The highest BCUT2D eigenvalue weighted by Gasteiger charge is 1.99. The second-order valence-electron chi connectivity index (χ2n) is 3.92. The predicted molar refractivity (Wildman–Crippen MR) is 78.1 cm³/mol. The summed E-state index contributed by atoms with van der Waals surface area (Å²) < 4.78 is 0. The first kappa shape index (κ1) is 13.8. The SMILES string of the molecule is N#Cc1cccc(/C=C/C(=O)Nc2ccc(Cl)cn2)c1. The minimum Gasteiger partial charge on any atom is -0.307 e. The molecule has 1 aromatic heterocycles. The number of benzene rings is 1. The van der Waals surface area contributed by atoms with Crippen LogP contribution in [-0.4, -0.2) is 10.9 Å². The Hall–Kier alpha value is -2.64. The first-order chi connectivity index (χ1) is 9.67. The molecular weight excluding hydrogens is 274 g/mol. The van der Waals surface area contributed by atoms with Crippen LogP contribution in [0.4, 0.5) is 5.82 Å². The van der Waals surface area contributed by atoms with Gasteiger partial charge >= 0.3 is 0 Å². The van der Waals surface area contributed by atoms with Crippen molar-refractivity contribution in [1.29, 1.82) is 5.26 Å². The number of halogens is 1. The third-order valence-corrected chi connectivity index (χ3v) is 2.65. The number of carbonyl (C=O) groups excluding carboxylic acids is 1. The Labute approximate surface area is 121 Å². The van der Waals surface area contributed by atoms with Crippen LogP contribution in [0.1, 0.15) is 11.1 Å². The molecule has 0 aliphatic rings. The van der Waals surface area contributed by atoms with E-state index in [-0.39, 0.29) is 5.91 Å². The summed E-state index contributed by atoms with van der Waals surface area (Å²) in [5, 5.41) is 11.9. The van der Waals surface area contributed by atoms with Crippen molar-refractivity contribution < 1.29 is 4.79 Å². The summed E-state index contributed by atoms with van der Waals surface area (Å²) in [4.78, 5) is 15.6. The number of rotatable bonds is 3. The van der Waals surface area contributed by atoms with Crippen molar-refractivity contribution in [3.63, 3.8) is 0 Å². The summed E-state index contributed by atoms with van der Waals surface area (Å²) in [5.74, 6) is 0.122. The van der Waals surface area contributed by atoms with Crippen LogP contribution in [0.3, 0.4) is 0 Å². The van der Waals surface area contributed by atoms with Crippen LogP contribution in [0.2, 0.25) is 5.02 Å². The minimum atomic E-state index is -0.304. The van der Waals surface area contributed by atoms with Gasteiger partial charge in [-0.25, -0.2) is 4.98 Å². The molecule has 0 fully saturated rings. The molecule has 0 saturated carbocycles. The van der Waals surface area contributed by atoms with Crippen LogP contribution in [0, 0.1) is 11.3 Å². The molecule has 0 radical (unpaired) electrons. The van der Waals surface area contributed by atoms with Gasteiger partial charge in [0, 0.05) is 12.3 Å². The van der Waals surface area contributed by atoms with E-state index in [9.17, 15) is 4.79 Å². The molecule has 0 atom stereocenters. The Morgan fingerprint density at radius 3 is 2.90 bits per heavy atom. The zero-order chi connectivity index (χ0) is 14.4. The molecule has 1 heterocycles. The number of hydrogen-bond donors (Lipinski definition) is 1. The van der Waals surface area contributed by atoms with Crippen molar-refractivity contribution in [2.24, 2.45) is 0 Å². The third-order valence-electron chi connectivity index (χ3n) is 2.42. The topological polar surface area (TPSA) is 65.8 Å².